The van der Waals surface area contributed by atoms with Crippen molar-refractivity contribution in [2.75, 3.05) is 18.5 Å². The molecule has 0 spiro atoms. The number of nitrogens with one attached hydrogen (secondary N) is 1. The number of carbonyl (C=O) groups excluding carboxylic acids is 5. The zero-order chi connectivity index (χ0) is 71.2. The minimum Gasteiger partial charge on any atom is -0.462 e. The quantitative estimate of drug-likeness (QED) is 0.0392. The minimum absolute atomic E-state index is 0.000141. The number of rotatable bonds is 26. The van der Waals surface area contributed by atoms with Gasteiger partial charge in [-0.3, -0.25) is 4.79 Å². The highest BCUT2D eigenvalue weighted by Crippen LogP contribution is 2.43. The van der Waals surface area contributed by atoms with Gasteiger partial charge in [0.1, 0.15) is 55.1 Å². The molecule has 532 valence electrons. The Kier molecular flexibility index (Phi) is 23.6. The van der Waals surface area contributed by atoms with E-state index in [0.717, 1.165) is 16.7 Å². The van der Waals surface area contributed by atoms with Gasteiger partial charge < -0.3 is 76.4 Å². The number of hydrogen-bond donors (Lipinski definition) is 1. The zero-order valence-electron chi connectivity index (χ0n) is 55.5. The fourth-order valence-corrected chi connectivity index (χ4v) is 12.1. The first-order valence-corrected chi connectivity index (χ1v) is 33.1. The molecule has 4 aliphatic rings. The van der Waals surface area contributed by atoms with Crippen LogP contribution in [0.3, 0.4) is 0 Å². The van der Waals surface area contributed by atoms with Gasteiger partial charge >= 0.3 is 36.0 Å². The molecular formula is C78H74F3NO20. The van der Waals surface area contributed by atoms with E-state index < -0.39 is 147 Å². The maximum Gasteiger partial charge on any atom is 0.471 e. The molecule has 12 rings (SSSR count). The smallest absolute Gasteiger partial charge is 0.462 e. The summed E-state index contributed by atoms with van der Waals surface area (Å²) < 4.78 is 140. The largest absolute Gasteiger partial charge is 0.471 e. The average Bonchev–Trinajstić information content (AvgIpc) is 1.44. The number of benzene rings is 8. The number of amides is 1. The van der Waals surface area contributed by atoms with Crippen molar-refractivity contribution in [1.29, 1.82) is 0 Å². The van der Waals surface area contributed by atoms with E-state index in [9.17, 15) is 37.1 Å². The molecule has 21 nitrogen and oxygen atoms in total. The summed E-state index contributed by atoms with van der Waals surface area (Å²) in [7, 11) is 0. The van der Waals surface area contributed by atoms with Crippen LogP contribution in [0.1, 0.15) is 78.9 Å². The number of hydrogen-bond acceptors (Lipinski definition) is 20. The standard InChI is InChI=1S/C78H74F3NO20/c1-48-60(65-68(102-77(2,3)101-65)75(93-48)94-57-41-39-56(40-42-57)82-76(87)78(79,80)81)100-74-66(90-45-51-29-15-6-16-30-51)63(89-44-50-27-13-5-14-28-50)61(88-43-49-25-11-4-12-26-49)58(96-74)47-92-73-67(99-72(86)55-37-23-10-24-38-55)64(98-71(85)54-35-21-9-22-36-54)62(97-70(84)53-33-19-8-20-34-53)59(95-73)46-91-69(83)52-31-17-7-18-32-52/h4-42,48,58-68,73-75H,43-47H2,1-3H3,(H,82,87)/t48-,58-,59+,60-,61-,62+,63-,64+,65-,66-,67+,68-,73-,74+,75+/m1/s1. The van der Waals surface area contributed by atoms with Crippen LogP contribution in [0.2, 0.25) is 0 Å². The minimum atomic E-state index is -5.12. The van der Waals surface area contributed by atoms with Gasteiger partial charge in [0.2, 0.25) is 6.29 Å². The monoisotopic (exact) mass is 1400 g/mol. The van der Waals surface area contributed by atoms with E-state index in [1.165, 1.54) is 60.7 Å². The topological polar surface area (TPSA) is 236 Å². The second-order valence-electron chi connectivity index (χ2n) is 24.8. The van der Waals surface area contributed by atoms with Crippen LogP contribution in [0, 0.1) is 0 Å². The summed E-state index contributed by atoms with van der Waals surface area (Å²) in [6.45, 7) is 3.89. The van der Waals surface area contributed by atoms with Gasteiger partial charge in [-0.05, 0) is 110 Å². The van der Waals surface area contributed by atoms with Crippen molar-refractivity contribution in [3.63, 3.8) is 0 Å². The van der Waals surface area contributed by atoms with Gasteiger partial charge in [-0.2, -0.15) is 13.2 Å². The third-order valence-corrected chi connectivity index (χ3v) is 17.1. The number of esters is 4. The summed E-state index contributed by atoms with van der Waals surface area (Å²) in [5, 5.41) is 1.82. The number of ether oxygens (including phenoxy) is 15. The Hall–Kier alpha value is -9.70. The van der Waals surface area contributed by atoms with E-state index >= 15 is 0 Å². The number of carbonyl (C=O) groups is 5. The number of anilines is 1. The van der Waals surface area contributed by atoms with Crippen LogP contribution in [0.4, 0.5) is 18.9 Å². The third-order valence-electron chi connectivity index (χ3n) is 17.1. The summed E-state index contributed by atoms with van der Waals surface area (Å²) in [4.78, 5) is 69.5. The lowest BCUT2D eigenvalue weighted by Gasteiger charge is -2.49. The van der Waals surface area contributed by atoms with Gasteiger partial charge in [0.05, 0.1) is 54.8 Å². The number of fused-ring (bicyclic) bond motifs is 1. The van der Waals surface area contributed by atoms with Gasteiger partial charge in [0, 0.05) is 5.69 Å². The first kappa shape index (κ1) is 72.1. The first-order valence-electron chi connectivity index (χ1n) is 33.1. The van der Waals surface area contributed by atoms with Crippen LogP contribution in [-0.4, -0.2) is 147 Å². The van der Waals surface area contributed by atoms with Crippen LogP contribution < -0.4 is 10.1 Å². The molecule has 1 amide bonds. The molecule has 0 unspecified atom stereocenters. The Morgan fingerprint density at radius 2 is 0.824 bits per heavy atom. The van der Waals surface area contributed by atoms with Crippen molar-refractivity contribution in [1.82, 2.24) is 0 Å². The van der Waals surface area contributed by atoms with E-state index in [4.69, 9.17) is 71.1 Å². The van der Waals surface area contributed by atoms with E-state index in [-0.39, 0.29) is 53.5 Å². The van der Waals surface area contributed by atoms with E-state index in [1.807, 2.05) is 96.3 Å². The van der Waals surface area contributed by atoms with Gasteiger partial charge in [-0.15, -0.1) is 0 Å². The molecule has 0 radical (unpaired) electrons. The lowest BCUT2D eigenvalue weighted by Crippen LogP contribution is -2.66. The maximum absolute atomic E-state index is 14.7. The summed E-state index contributed by atoms with van der Waals surface area (Å²) in [5.41, 5.74) is 2.57. The van der Waals surface area contributed by atoms with Crippen LogP contribution in [-0.2, 0) is 90.9 Å². The maximum atomic E-state index is 14.7. The van der Waals surface area contributed by atoms with Crippen LogP contribution in [0.25, 0.3) is 0 Å². The van der Waals surface area contributed by atoms with E-state index in [2.05, 4.69) is 0 Å². The third kappa shape index (κ3) is 18.5. The van der Waals surface area contributed by atoms with Crippen molar-refractivity contribution < 1.29 is 108 Å². The van der Waals surface area contributed by atoms with E-state index in [1.54, 1.807) is 106 Å². The average molecular weight is 1400 g/mol. The normalized spacial score (nSPS) is 25.9. The van der Waals surface area contributed by atoms with Crippen molar-refractivity contribution in [3.8, 4) is 5.75 Å². The lowest BCUT2D eigenvalue weighted by atomic mass is 9.96. The molecule has 24 heteroatoms. The van der Waals surface area contributed by atoms with Crippen molar-refractivity contribution in [2.24, 2.45) is 0 Å². The highest BCUT2D eigenvalue weighted by atomic mass is 19.4. The number of halogens is 3. The van der Waals surface area contributed by atoms with Crippen LogP contribution in [0.15, 0.2) is 237 Å². The second kappa shape index (κ2) is 33.4. The first-order chi connectivity index (χ1) is 49.4. The fraction of sp³-hybridized carbons (Fsp3) is 0.321. The number of alkyl halides is 3. The Balaban J connectivity index is 0.934. The van der Waals surface area contributed by atoms with Crippen molar-refractivity contribution in [2.45, 2.75) is 145 Å². The molecule has 4 saturated heterocycles. The summed E-state index contributed by atoms with van der Waals surface area (Å²) in [6, 6.07) is 65.3. The van der Waals surface area contributed by atoms with Crippen molar-refractivity contribution >= 4 is 35.5 Å². The van der Waals surface area contributed by atoms with E-state index in [0.29, 0.717) is 0 Å². The molecule has 8 aromatic carbocycles. The predicted octanol–water partition coefficient (Wildman–Crippen LogP) is 12.0. The highest BCUT2D eigenvalue weighted by Gasteiger charge is 2.60. The summed E-state index contributed by atoms with van der Waals surface area (Å²) >= 11 is 0. The molecule has 4 aliphatic heterocycles. The molecular weight excluding hydrogens is 1330 g/mol. The lowest BCUT2D eigenvalue weighted by molar-refractivity contribution is -0.364. The molecule has 0 aromatic heterocycles. The molecule has 0 saturated carbocycles. The van der Waals surface area contributed by atoms with Gasteiger partial charge in [-0.1, -0.05) is 164 Å². The van der Waals surface area contributed by atoms with Crippen molar-refractivity contribution in [3.05, 3.63) is 276 Å². The summed E-state index contributed by atoms with van der Waals surface area (Å²) in [6.07, 6.45) is -25.3. The fourth-order valence-electron chi connectivity index (χ4n) is 12.1. The van der Waals surface area contributed by atoms with Gasteiger partial charge in [0.25, 0.3) is 0 Å². The molecule has 8 aromatic rings. The highest BCUT2D eigenvalue weighted by molar-refractivity contribution is 5.95. The molecule has 4 heterocycles. The van der Waals surface area contributed by atoms with Gasteiger partial charge in [-0.25, -0.2) is 19.2 Å². The Bertz CT molecular complexity index is 4020. The zero-order valence-corrected chi connectivity index (χ0v) is 55.5. The molecule has 0 aliphatic carbocycles. The van der Waals surface area contributed by atoms with Gasteiger partial charge in [0.15, 0.2) is 42.8 Å². The molecule has 15 atom stereocenters. The summed E-state index contributed by atoms with van der Waals surface area (Å²) in [5.74, 6) is -6.83. The van der Waals surface area contributed by atoms with Crippen LogP contribution >= 0.6 is 0 Å². The molecule has 0 bridgehead atoms. The molecule has 4 fully saturated rings. The Labute approximate surface area is 585 Å². The second-order valence-corrected chi connectivity index (χ2v) is 24.8. The molecule has 102 heavy (non-hydrogen) atoms. The van der Waals surface area contributed by atoms with Crippen LogP contribution in [0.5, 0.6) is 5.75 Å². The Morgan fingerprint density at radius 1 is 0.412 bits per heavy atom. The SMILES string of the molecule is C[C@H]1O[C@@H](Oc2ccc(NC(=O)C(F)(F)F)cc2)[C@@H]2OC(C)(C)O[C@@H]2[C@@H]1O[C@@H]1O[C@H](CO[C@@H]2O[C@@H](COC(=O)c3ccccc3)[C@H](OC(=O)c3ccccc3)[C@H](OC(=O)c3ccccc3)[C@@H]2OC(=O)c2ccccc2)[C@@H](OCc2ccccc2)[C@@H](OCc2ccccc2)[C@H]1OCc1ccccc1. The Morgan fingerprint density at radius 3 is 1.31 bits per heavy atom. The predicted molar refractivity (Wildman–Crippen MR) is 357 cm³/mol. The molecule has 1 N–H and O–H groups in total.